The molecule has 3 nitrogen and oxygen atoms in total. The number of carbonyl (C=O) groups excluding carboxylic acids is 1. The van der Waals surface area contributed by atoms with Crippen molar-refractivity contribution in [2.24, 2.45) is 0 Å². The highest BCUT2D eigenvalue weighted by Crippen LogP contribution is 2.28. The predicted octanol–water partition coefficient (Wildman–Crippen LogP) is 3.00. The Balaban J connectivity index is 3.01. The van der Waals surface area contributed by atoms with Crippen LogP contribution >= 0.6 is 15.9 Å². The number of likely N-dealkylation sites (N-methyl/N-ethyl adjacent to an activating group) is 1. The fourth-order valence-electron chi connectivity index (χ4n) is 1.46. The molecule has 0 aliphatic heterocycles. The van der Waals surface area contributed by atoms with E-state index in [1.165, 1.54) is 5.56 Å². The number of hydrogen-bond donors (Lipinski definition) is 2. The maximum absolute atomic E-state index is 12.1. The van der Waals surface area contributed by atoms with Crippen molar-refractivity contribution in [1.82, 2.24) is 5.32 Å². The van der Waals surface area contributed by atoms with Gasteiger partial charge in [-0.25, -0.2) is 0 Å². The van der Waals surface area contributed by atoms with Gasteiger partial charge in [-0.15, -0.1) is 0 Å². The third kappa shape index (κ3) is 3.30. The maximum atomic E-state index is 12.1. The Morgan fingerprint density at radius 3 is 2.35 bits per heavy atom. The quantitative estimate of drug-likeness (QED) is 0.901. The second kappa shape index (κ2) is 5.19. The number of carbonyl (C=O) groups is 1. The van der Waals surface area contributed by atoms with E-state index in [1.54, 1.807) is 7.05 Å². The van der Waals surface area contributed by atoms with Crippen LogP contribution in [0.4, 0.5) is 5.69 Å². The summed E-state index contributed by atoms with van der Waals surface area (Å²) in [5.41, 5.74) is 2.47. The minimum atomic E-state index is -0.587. The van der Waals surface area contributed by atoms with Crippen LogP contribution in [0.2, 0.25) is 0 Å². The molecule has 1 rings (SSSR count). The summed E-state index contributed by atoms with van der Waals surface area (Å²) in [6.07, 6.45) is 0. The number of rotatable bonds is 3. The lowest BCUT2D eigenvalue weighted by atomic mass is 10.0. The minimum absolute atomic E-state index is 0.0485. The molecule has 0 aromatic heterocycles. The highest BCUT2D eigenvalue weighted by Gasteiger charge is 2.26. The van der Waals surface area contributed by atoms with Gasteiger partial charge in [0.2, 0.25) is 5.91 Å². The Bertz CT molecular complexity index is 418. The molecule has 0 atom stereocenters. The summed E-state index contributed by atoms with van der Waals surface area (Å²) in [5.74, 6) is -0.0485. The Hall–Kier alpha value is -0.870. The molecule has 0 heterocycles. The Morgan fingerprint density at radius 1 is 1.29 bits per heavy atom. The van der Waals surface area contributed by atoms with Gasteiger partial charge < -0.3 is 10.6 Å². The third-order valence-electron chi connectivity index (χ3n) is 2.86. The average Bonchev–Trinajstić information content (AvgIpc) is 2.22. The first-order chi connectivity index (χ1) is 7.77. The van der Waals surface area contributed by atoms with Crippen molar-refractivity contribution >= 4 is 27.5 Å². The van der Waals surface area contributed by atoms with Gasteiger partial charge in [-0.05, 0) is 67.9 Å². The highest BCUT2D eigenvalue weighted by atomic mass is 79.9. The van der Waals surface area contributed by atoms with Crippen molar-refractivity contribution in [3.05, 3.63) is 27.7 Å². The smallest absolute Gasteiger partial charge is 0.244 e. The van der Waals surface area contributed by atoms with Crippen molar-refractivity contribution in [3.8, 4) is 0 Å². The number of halogens is 1. The van der Waals surface area contributed by atoms with E-state index >= 15 is 0 Å². The summed E-state index contributed by atoms with van der Waals surface area (Å²) >= 11 is 3.48. The minimum Gasteiger partial charge on any atom is -0.323 e. The summed E-state index contributed by atoms with van der Waals surface area (Å²) in [4.78, 5) is 12.1. The molecular weight excluding hydrogens is 280 g/mol. The fraction of sp³-hybridized carbons (Fsp3) is 0.462. The molecule has 0 fully saturated rings. The number of amides is 1. The highest BCUT2D eigenvalue weighted by molar-refractivity contribution is 9.10. The van der Waals surface area contributed by atoms with Gasteiger partial charge >= 0.3 is 0 Å². The predicted molar refractivity (Wildman–Crippen MR) is 75.4 cm³/mol. The fourth-order valence-corrected chi connectivity index (χ4v) is 2.23. The standard InChI is InChI=1S/C13H19BrN2O/c1-8-6-9(2)11(10(14)7-8)16-12(17)13(3,4)15-5/h6-7,15H,1-5H3,(H,16,17). The zero-order valence-corrected chi connectivity index (χ0v) is 12.5. The summed E-state index contributed by atoms with van der Waals surface area (Å²) in [7, 11) is 1.77. The van der Waals surface area contributed by atoms with Crippen LogP contribution in [0.5, 0.6) is 0 Å². The molecule has 0 radical (unpaired) electrons. The van der Waals surface area contributed by atoms with Gasteiger partial charge in [-0.2, -0.15) is 0 Å². The van der Waals surface area contributed by atoms with E-state index < -0.39 is 5.54 Å². The zero-order valence-electron chi connectivity index (χ0n) is 10.9. The van der Waals surface area contributed by atoms with E-state index in [-0.39, 0.29) is 5.91 Å². The Kier molecular flexibility index (Phi) is 4.33. The van der Waals surface area contributed by atoms with Gasteiger partial charge in [0.15, 0.2) is 0 Å². The summed E-state index contributed by atoms with van der Waals surface area (Å²) in [6, 6.07) is 4.04. The summed E-state index contributed by atoms with van der Waals surface area (Å²) in [5, 5.41) is 5.93. The lowest BCUT2D eigenvalue weighted by Crippen LogP contribution is -2.48. The molecule has 1 aromatic carbocycles. The van der Waals surface area contributed by atoms with Gasteiger partial charge in [-0.3, -0.25) is 4.79 Å². The van der Waals surface area contributed by atoms with Crippen LogP contribution < -0.4 is 10.6 Å². The second-order valence-corrected chi connectivity index (χ2v) is 5.62. The van der Waals surface area contributed by atoms with Gasteiger partial charge in [0.05, 0.1) is 11.2 Å². The van der Waals surface area contributed by atoms with Crippen LogP contribution in [0.1, 0.15) is 25.0 Å². The van der Waals surface area contributed by atoms with Crippen LogP contribution in [-0.4, -0.2) is 18.5 Å². The number of aryl methyl sites for hydroxylation is 2. The van der Waals surface area contributed by atoms with Gasteiger partial charge in [-0.1, -0.05) is 6.07 Å². The number of hydrogen-bond acceptors (Lipinski definition) is 2. The first-order valence-electron chi connectivity index (χ1n) is 5.55. The van der Waals surface area contributed by atoms with Crippen LogP contribution in [0.25, 0.3) is 0 Å². The van der Waals surface area contributed by atoms with E-state index in [1.807, 2.05) is 39.8 Å². The molecule has 0 bridgehead atoms. The SMILES string of the molecule is CNC(C)(C)C(=O)Nc1c(C)cc(C)cc1Br. The molecule has 94 valence electrons. The maximum Gasteiger partial charge on any atom is 0.244 e. The molecule has 2 N–H and O–H groups in total. The first-order valence-corrected chi connectivity index (χ1v) is 6.34. The van der Waals surface area contributed by atoms with Gasteiger partial charge in [0.25, 0.3) is 0 Å². The molecule has 0 aliphatic rings. The van der Waals surface area contributed by atoms with E-state index in [2.05, 4.69) is 26.6 Å². The average molecular weight is 299 g/mol. The topological polar surface area (TPSA) is 41.1 Å². The normalized spacial score (nSPS) is 11.4. The number of nitrogens with one attached hydrogen (secondary N) is 2. The van der Waals surface area contributed by atoms with Crippen LogP contribution in [0.3, 0.4) is 0 Å². The lowest BCUT2D eigenvalue weighted by molar-refractivity contribution is -0.121. The van der Waals surface area contributed by atoms with Crippen LogP contribution in [0, 0.1) is 13.8 Å². The van der Waals surface area contributed by atoms with E-state index in [4.69, 9.17) is 0 Å². The number of anilines is 1. The second-order valence-electron chi connectivity index (χ2n) is 4.77. The van der Waals surface area contributed by atoms with Gasteiger partial charge in [0, 0.05) is 4.47 Å². The van der Waals surface area contributed by atoms with E-state index in [0.29, 0.717) is 0 Å². The van der Waals surface area contributed by atoms with Crippen LogP contribution in [-0.2, 0) is 4.79 Å². The van der Waals surface area contributed by atoms with E-state index in [0.717, 1.165) is 15.7 Å². The lowest BCUT2D eigenvalue weighted by Gasteiger charge is -2.24. The monoisotopic (exact) mass is 298 g/mol. The van der Waals surface area contributed by atoms with Crippen molar-refractivity contribution in [2.75, 3.05) is 12.4 Å². The van der Waals surface area contributed by atoms with Crippen LogP contribution in [0.15, 0.2) is 16.6 Å². The first kappa shape index (κ1) is 14.2. The number of benzene rings is 1. The van der Waals surface area contributed by atoms with E-state index in [9.17, 15) is 4.79 Å². The molecular formula is C13H19BrN2O. The molecule has 0 unspecified atom stereocenters. The molecule has 1 amide bonds. The van der Waals surface area contributed by atoms with Crippen molar-refractivity contribution < 1.29 is 4.79 Å². The molecule has 0 spiro atoms. The Morgan fingerprint density at radius 2 is 1.88 bits per heavy atom. The zero-order chi connectivity index (χ0) is 13.2. The summed E-state index contributed by atoms with van der Waals surface area (Å²) < 4.78 is 0.912. The molecule has 17 heavy (non-hydrogen) atoms. The van der Waals surface area contributed by atoms with Gasteiger partial charge in [0.1, 0.15) is 0 Å². The molecule has 0 saturated heterocycles. The third-order valence-corrected chi connectivity index (χ3v) is 3.49. The van der Waals surface area contributed by atoms with Crippen molar-refractivity contribution in [1.29, 1.82) is 0 Å². The summed E-state index contributed by atoms with van der Waals surface area (Å²) in [6.45, 7) is 7.71. The molecule has 0 aliphatic carbocycles. The van der Waals surface area contributed by atoms with Crippen molar-refractivity contribution in [3.63, 3.8) is 0 Å². The van der Waals surface area contributed by atoms with Crippen molar-refractivity contribution in [2.45, 2.75) is 33.2 Å². The molecule has 4 heteroatoms. The Labute approximate surface area is 111 Å². The molecule has 1 aromatic rings. The molecule has 0 saturated carbocycles. The largest absolute Gasteiger partial charge is 0.323 e.